The number of aromatic nitrogens is 2. The topological polar surface area (TPSA) is 9.86 Å². The van der Waals surface area contributed by atoms with Gasteiger partial charge in [0.05, 0.1) is 0 Å². The van der Waals surface area contributed by atoms with Crippen LogP contribution >= 0.6 is 0 Å². The van der Waals surface area contributed by atoms with Crippen molar-refractivity contribution in [1.82, 2.24) is 9.13 Å². The summed E-state index contributed by atoms with van der Waals surface area (Å²) < 4.78 is 4.83. The lowest BCUT2D eigenvalue weighted by Crippen LogP contribution is -2.10. The number of para-hydroxylation sites is 2. The Morgan fingerprint density at radius 2 is 0.417 bits per heavy atom. The van der Waals surface area contributed by atoms with E-state index >= 15 is 0 Å². The van der Waals surface area contributed by atoms with Crippen molar-refractivity contribution in [2.24, 2.45) is 0 Å². The Labute approximate surface area is 634 Å². The van der Waals surface area contributed by atoms with Crippen LogP contribution in [0.5, 0.6) is 0 Å². The second kappa shape index (κ2) is 27.4. The average Bonchev–Trinajstić information content (AvgIpc) is 1.12. The number of nitrogens with zero attached hydrogens (tertiary/aromatic N) is 2. The number of fused-ring (bicyclic) bond motifs is 10. The molecule has 0 aliphatic carbocycles. The molecule has 2 heterocycles. The number of rotatable bonds is 11. The summed E-state index contributed by atoms with van der Waals surface area (Å²) in [4.78, 5) is 0. The van der Waals surface area contributed by atoms with Gasteiger partial charge in [0.15, 0.2) is 0 Å². The van der Waals surface area contributed by atoms with Crippen molar-refractivity contribution < 1.29 is 0 Å². The van der Waals surface area contributed by atoms with Gasteiger partial charge >= 0.3 is 0 Å². The zero-order valence-corrected chi connectivity index (χ0v) is 63.1. The van der Waals surface area contributed by atoms with E-state index in [9.17, 15) is 0 Å². The monoisotopic (exact) mass is 1390 g/mol. The number of hydrogen-bond donors (Lipinski definition) is 0. The summed E-state index contributed by atoms with van der Waals surface area (Å²) in [5.74, 6) is 0. The first-order valence-corrected chi connectivity index (χ1v) is 38.4. The van der Waals surface area contributed by atoms with Gasteiger partial charge in [-0.15, -0.1) is 0 Å². The summed E-state index contributed by atoms with van der Waals surface area (Å²) in [6, 6.07) is 124. The molecular formula is C106H86N2. The molecular weight excluding hydrogens is 1300 g/mol. The summed E-state index contributed by atoms with van der Waals surface area (Å²) in [5, 5.41) is 15.6. The van der Waals surface area contributed by atoms with Crippen LogP contribution in [0.1, 0.15) is 62.4 Å². The Kier molecular flexibility index (Phi) is 17.1. The Morgan fingerprint density at radius 1 is 0.194 bits per heavy atom. The minimum absolute atomic E-state index is 0.124. The first kappa shape index (κ1) is 67.3. The fraction of sp³-hybridized carbons (Fsp3) is 0.113. The maximum Gasteiger partial charge on any atom is 0.0491 e. The van der Waals surface area contributed by atoms with Gasteiger partial charge < -0.3 is 9.13 Å². The molecule has 19 rings (SSSR count). The predicted octanol–water partition coefficient (Wildman–Crippen LogP) is 29.8. The lowest BCUT2D eigenvalue weighted by atomic mass is 9.83. The molecule has 0 saturated heterocycles. The maximum atomic E-state index is 2.42. The average molecular weight is 1390 g/mol. The molecule has 0 N–H and O–H groups in total. The first-order chi connectivity index (χ1) is 52.7. The van der Waals surface area contributed by atoms with Gasteiger partial charge in [-0.1, -0.05) is 318 Å². The third-order valence-electron chi connectivity index (χ3n) is 23.2. The second-order valence-electron chi connectivity index (χ2n) is 30.6. The van der Waals surface area contributed by atoms with Crippen LogP contribution in [-0.4, -0.2) is 9.13 Å². The van der Waals surface area contributed by atoms with Crippen LogP contribution in [-0.2, 0) is 18.5 Å². The van der Waals surface area contributed by atoms with Crippen molar-refractivity contribution in [2.75, 3.05) is 0 Å². The van der Waals surface area contributed by atoms with E-state index < -0.39 is 0 Å². The third-order valence-corrected chi connectivity index (χ3v) is 23.2. The van der Waals surface area contributed by atoms with Gasteiger partial charge in [-0.2, -0.15) is 0 Å². The number of hydrogen-bond acceptors (Lipinski definition) is 0. The minimum Gasteiger partial charge on any atom is -0.341 e. The molecule has 0 amide bonds. The molecule has 0 spiro atoms. The van der Waals surface area contributed by atoms with E-state index in [1.54, 1.807) is 0 Å². The molecule has 0 atom stereocenters. The largest absolute Gasteiger partial charge is 0.341 e. The molecule has 0 saturated carbocycles. The van der Waals surface area contributed by atoms with Crippen molar-refractivity contribution in [1.29, 1.82) is 0 Å². The molecule has 19 aromatic rings. The Morgan fingerprint density at radius 3 is 0.713 bits per heavy atom. The third kappa shape index (κ3) is 11.8. The molecule has 0 unspecified atom stereocenters. The van der Waals surface area contributed by atoms with E-state index in [0.717, 1.165) is 13.1 Å². The summed E-state index contributed by atoms with van der Waals surface area (Å²) in [5.41, 5.74) is 34.3. The van der Waals surface area contributed by atoms with E-state index in [1.807, 2.05) is 0 Å². The molecule has 0 aliphatic heterocycles. The van der Waals surface area contributed by atoms with Gasteiger partial charge in [0.2, 0.25) is 0 Å². The summed E-state index contributed by atoms with van der Waals surface area (Å²) in [7, 11) is 0. The lowest BCUT2D eigenvalue weighted by Gasteiger charge is -2.21. The fourth-order valence-electron chi connectivity index (χ4n) is 17.2. The summed E-state index contributed by atoms with van der Waals surface area (Å²) >= 11 is 0. The van der Waals surface area contributed by atoms with Crippen LogP contribution in [0.2, 0.25) is 0 Å². The van der Waals surface area contributed by atoms with Crippen LogP contribution in [0.3, 0.4) is 0 Å². The smallest absolute Gasteiger partial charge is 0.0491 e. The molecule has 2 nitrogen and oxygen atoms in total. The highest BCUT2D eigenvalue weighted by molar-refractivity contribution is 6.23. The standard InChI is InChI=1S/C62H49N.C44H37N/c1-6-63-59-15-11-10-14-53(59)54-38-52(32-33-60(54)63)49-22-20-46(21-23-49)48-26-30-51(31-27-48)62-57-36-41(4)39(2)34-55(57)61(56-35-40(3)42(5)37-58(56)62)50-28-24-47(25-29-50)45-18-16-44(17-19-45)43-12-8-7-9-13-43;1-5-45-40-17-11-10-12-34(40)39-28-32(24-27-41(39)45)29-18-20-30(21-19-29)42-35-13-6-8-15-37(35)43(38-16-9-7-14-36(38)42)31-22-25-33(26-23-31)44(2,3)4/h7-38H,6H2,1-5H3;6-28H,5H2,1-4H3. The predicted molar refractivity (Wildman–Crippen MR) is 467 cm³/mol. The fourth-order valence-corrected chi connectivity index (χ4v) is 17.2. The first-order valence-electron chi connectivity index (χ1n) is 38.4. The summed E-state index contributed by atoms with van der Waals surface area (Å²) in [6.07, 6.45) is 0. The van der Waals surface area contributed by atoms with Crippen LogP contribution in [0.4, 0.5) is 0 Å². The molecule has 0 fully saturated rings. The van der Waals surface area contributed by atoms with Crippen molar-refractivity contribution in [2.45, 2.75) is 80.8 Å². The molecule has 108 heavy (non-hydrogen) atoms. The van der Waals surface area contributed by atoms with Crippen molar-refractivity contribution in [3.63, 3.8) is 0 Å². The highest BCUT2D eigenvalue weighted by Crippen LogP contribution is 2.48. The molecule has 2 aromatic heterocycles. The Bertz CT molecular complexity index is 6550. The van der Waals surface area contributed by atoms with E-state index in [-0.39, 0.29) is 5.41 Å². The van der Waals surface area contributed by atoms with E-state index in [4.69, 9.17) is 0 Å². The molecule has 0 aliphatic rings. The van der Waals surface area contributed by atoms with Crippen molar-refractivity contribution >= 4 is 86.7 Å². The molecule has 17 aromatic carbocycles. The maximum absolute atomic E-state index is 2.42. The molecule has 0 radical (unpaired) electrons. The van der Waals surface area contributed by atoms with Crippen molar-refractivity contribution in [3.8, 4) is 100 Å². The molecule has 2 heteroatoms. The van der Waals surface area contributed by atoms with E-state index in [0.29, 0.717) is 0 Å². The zero-order valence-electron chi connectivity index (χ0n) is 63.1. The normalized spacial score (nSPS) is 11.8. The zero-order chi connectivity index (χ0) is 73.5. The van der Waals surface area contributed by atoms with Gasteiger partial charge in [0.1, 0.15) is 0 Å². The van der Waals surface area contributed by atoms with Crippen LogP contribution in [0, 0.1) is 27.7 Å². The lowest BCUT2D eigenvalue weighted by molar-refractivity contribution is 0.590. The van der Waals surface area contributed by atoms with Gasteiger partial charge in [-0.25, -0.2) is 0 Å². The van der Waals surface area contributed by atoms with Crippen LogP contribution in [0.15, 0.2) is 334 Å². The summed E-state index contributed by atoms with van der Waals surface area (Å²) in [6.45, 7) is 22.2. The SMILES string of the molecule is CCn1c2ccccc2c2cc(-c3ccc(-c4c5ccccc5c(-c5ccc(C(C)(C)C)cc5)c5ccccc45)cc3)ccc21.CCn1c2ccccc2c2cc(-c3ccc(-c4ccc(-c5c6cc(C)c(C)cc6c(-c6ccc(-c7ccc(-c8ccccc8)cc7)cc6)c6cc(C)c(C)cc56)cc4)cc3)ccc21. The van der Waals surface area contributed by atoms with Gasteiger partial charge in [0, 0.05) is 56.7 Å². The minimum atomic E-state index is 0.124. The Balaban J connectivity index is 0.000000161. The van der Waals surface area contributed by atoms with Crippen LogP contribution in [0.25, 0.3) is 187 Å². The van der Waals surface area contributed by atoms with E-state index in [1.165, 1.54) is 215 Å². The van der Waals surface area contributed by atoms with Gasteiger partial charge in [-0.05, 0) is 254 Å². The highest BCUT2D eigenvalue weighted by atomic mass is 15.0. The second-order valence-corrected chi connectivity index (χ2v) is 30.6. The van der Waals surface area contributed by atoms with Crippen LogP contribution < -0.4 is 0 Å². The molecule has 520 valence electrons. The number of benzene rings is 17. The van der Waals surface area contributed by atoms with Gasteiger partial charge in [0.25, 0.3) is 0 Å². The highest BCUT2D eigenvalue weighted by Gasteiger charge is 2.23. The van der Waals surface area contributed by atoms with Gasteiger partial charge in [-0.3, -0.25) is 0 Å². The quantitative estimate of drug-likeness (QED) is 0.114. The van der Waals surface area contributed by atoms with E-state index in [2.05, 4.69) is 405 Å². The Hall–Kier alpha value is -12.6. The van der Waals surface area contributed by atoms with Crippen molar-refractivity contribution in [3.05, 3.63) is 361 Å². The molecule has 0 bridgehead atoms. The number of aryl methyl sites for hydroxylation is 6.